The molecule has 0 heterocycles. The molecule has 122 valence electrons. The van der Waals surface area contributed by atoms with Crippen LogP contribution >= 0.6 is 11.8 Å². The zero-order valence-corrected chi connectivity index (χ0v) is 14.4. The van der Waals surface area contributed by atoms with E-state index in [2.05, 4.69) is 17.2 Å². The molecule has 5 heteroatoms. The lowest BCUT2D eigenvalue weighted by Gasteiger charge is -2.31. The van der Waals surface area contributed by atoms with Gasteiger partial charge in [-0.25, -0.2) is 4.79 Å². The molecule has 1 rings (SSSR count). The summed E-state index contributed by atoms with van der Waals surface area (Å²) in [5, 5.41) is 6.58. The highest BCUT2D eigenvalue weighted by Gasteiger charge is 2.25. The molecule has 0 radical (unpaired) electrons. The van der Waals surface area contributed by atoms with Crippen LogP contribution in [0.25, 0.3) is 0 Å². The maximum atomic E-state index is 11.8. The van der Waals surface area contributed by atoms with Crippen molar-refractivity contribution in [2.75, 3.05) is 18.1 Å². The van der Waals surface area contributed by atoms with Gasteiger partial charge in [-0.05, 0) is 46.5 Å². The third kappa shape index (κ3) is 9.04. The van der Waals surface area contributed by atoms with E-state index < -0.39 is 5.60 Å². The summed E-state index contributed by atoms with van der Waals surface area (Å²) in [4.78, 5) is 11.8. The monoisotopic (exact) mass is 314 g/mol. The van der Waals surface area contributed by atoms with Crippen molar-refractivity contribution in [1.29, 1.82) is 0 Å². The molecule has 1 fully saturated rings. The number of carbonyl (C=O) groups is 1. The number of thioether (sulfide) groups is 1. The minimum absolute atomic E-state index is 0.229. The molecule has 1 aliphatic carbocycles. The summed E-state index contributed by atoms with van der Waals surface area (Å²) < 4.78 is 5.32. The first kappa shape index (κ1) is 18.4. The molecular formula is C16H30N2O2S. The predicted octanol–water partition coefficient (Wildman–Crippen LogP) is 3.33. The Hall–Kier alpha value is -0.680. The third-order valence-corrected chi connectivity index (χ3v) is 4.27. The van der Waals surface area contributed by atoms with E-state index in [0.717, 1.165) is 37.3 Å². The van der Waals surface area contributed by atoms with Gasteiger partial charge in [0.05, 0.1) is 0 Å². The maximum Gasteiger partial charge on any atom is 0.407 e. The van der Waals surface area contributed by atoms with E-state index in [1.807, 2.05) is 38.6 Å². The Morgan fingerprint density at radius 1 is 1.38 bits per heavy atom. The Morgan fingerprint density at radius 3 is 2.76 bits per heavy atom. The van der Waals surface area contributed by atoms with Crippen LogP contribution in [-0.2, 0) is 4.74 Å². The Morgan fingerprint density at radius 2 is 2.10 bits per heavy atom. The summed E-state index contributed by atoms with van der Waals surface area (Å²) >= 11 is 1.89. The number of nitrogens with one attached hydrogen (secondary N) is 2. The first-order valence-electron chi connectivity index (χ1n) is 7.82. The van der Waals surface area contributed by atoms with Gasteiger partial charge >= 0.3 is 6.09 Å². The Kier molecular flexibility index (Phi) is 8.19. The SMILES string of the molecule is C=CCSCCNC1CCCC(NC(=O)OC(C)(C)C)C1. The van der Waals surface area contributed by atoms with Crippen molar-refractivity contribution in [3.63, 3.8) is 0 Å². The zero-order valence-electron chi connectivity index (χ0n) is 13.6. The minimum atomic E-state index is -0.432. The average Bonchev–Trinajstić information content (AvgIpc) is 2.36. The molecule has 2 N–H and O–H groups in total. The van der Waals surface area contributed by atoms with Crippen LogP contribution in [0.4, 0.5) is 4.79 Å². The highest BCUT2D eigenvalue weighted by molar-refractivity contribution is 7.99. The largest absolute Gasteiger partial charge is 0.444 e. The molecule has 1 amide bonds. The second-order valence-corrected chi connectivity index (χ2v) is 7.67. The van der Waals surface area contributed by atoms with Gasteiger partial charge in [-0.3, -0.25) is 0 Å². The molecule has 0 bridgehead atoms. The molecule has 0 aromatic carbocycles. The number of alkyl carbamates (subject to hydrolysis) is 1. The molecule has 0 aliphatic heterocycles. The molecule has 21 heavy (non-hydrogen) atoms. The predicted molar refractivity (Wildman–Crippen MR) is 90.9 cm³/mol. The van der Waals surface area contributed by atoms with Gasteiger partial charge in [0.2, 0.25) is 0 Å². The molecular weight excluding hydrogens is 284 g/mol. The van der Waals surface area contributed by atoms with Crippen LogP contribution in [-0.4, -0.2) is 41.8 Å². The summed E-state index contributed by atoms with van der Waals surface area (Å²) in [5.74, 6) is 2.11. The number of carbonyl (C=O) groups excluding carboxylic acids is 1. The van der Waals surface area contributed by atoms with Crippen molar-refractivity contribution in [3.8, 4) is 0 Å². The normalized spacial score (nSPS) is 22.6. The minimum Gasteiger partial charge on any atom is -0.444 e. The van der Waals surface area contributed by atoms with Gasteiger partial charge in [-0.2, -0.15) is 11.8 Å². The molecule has 1 saturated carbocycles. The lowest BCUT2D eigenvalue weighted by atomic mass is 9.91. The second kappa shape index (κ2) is 9.36. The van der Waals surface area contributed by atoms with Gasteiger partial charge in [-0.15, -0.1) is 6.58 Å². The molecule has 0 aromatic rings. The van der Waals surface area contributed by atoms with E-state index in [4.69, 9.17) is 4.74 Å². The van der Waals surface area contributed by atoms with Gasteiger partial charge in [0, 0.05) is 30.1 Å². The highest BCUT2D eigenvalue weighted by Crippen LogP contribution is 2.19. The van der Waals surface area contributed by atoms with Crippen LogP contribution in [0.2, 0.25) is 0 Å². The Balaban J connectivity index is 2.22. The highest BCUT2D eigenvalue weighted by atomic mass is 32.2. The summed E-state index contributed by atoms with van der Waals surface area (Å²) in [6.07, 6.45) is 6.02. The van der Waals surface area contributed by atoms with Gasteiger partial charge in [0.25, 0.3) is 0 Å². The summed E-state index contributed by atoms with van der Waals surface area (Å²) in [6, 6.07) is 0.731. The molecule has 0 aromatic heterocycles. The molecule has 2 atom stereocenters. The number of rotatable bonds is 7. The van der Waals surface area contributed by atoms with Crippen LogP contribution < -0.4 is 10.6 Å². The van der Waals surface area contributed by atoms with Crippen LogP contribution in [0.5, 0.6) is 0 Å². The summed E-state index contributed by atoms with van der Waals surface area (Å²) in [6.45, 7) is 10.4. The van der Waals surface area contributed by atoms with Crippen LogP contribution in [0.3, 0.4) is 0 Å². The van der Waals surface area contributed by atoms with Crippen molar-refractivity contribution < 1.29 is 9.53 Å². The lowest BCUT2D eigenvalue weighted by Crippen LogP contribution is -2.46. The summed E-state index contributed by atoms with van der Waals surface area (Å²) in [5.41, 5.74) is -0.432. The van der Waals surface area contributed by atoms with Crippen molar-refractivity contribution in [3.05, 3.63) is 12.7 Å². The van der Waals surface area contributed by atoms with Crippen molar-refractivity contribution in [1.82, 2.24) is 10.6 Å². The number of hydrogen-bond donors (Lipinski definition) is 2. The quantitative estimate of drug-likeness (QED) is 0.559. The van der Waals surface area contributed by atoms with E-state index in [0.29, 0.717) is 6.04 Å². The molecule has 0 saturated heterocycles. The van der Waals surface area contributed by atoms with E-state index in [1.54, 1.807) is 0 Å². The Bertz CT molecular complexity index is 329. The Labute approximate surface area is 133 Å². The average molecular weight is 314 g/mol. The van der Waals surface area contributed by atoms with Crippen LogP contribution in [0.15, 0.2) is 12.7 Å². The van der Waals surface area contributed by atoms with Crippen molar-refractivity contribution >= 4 is 17.9 Å². The van der Waals surface area contributed by atoms with Crippen LogP contribution in [0, 0.1) is 0 Å². The van der Waals surface area contributed by atoms with Gasteiger partial charge in [0.1, 0.15) is 5.60 Å². The second-order valence-electron chi connectivity index (χ2n) is 6.52. The van der Waals surface area contributed by atoms with Gasteiger partial charge < -0.3 is 15.4 Å². The fourth-order valence-corrected chi connectivity index (χ4v) is 3.08. The smallest absolute Gasteiger partial charge is 0.407 e. The summed E-state index contributed by atoms with van der Waals surface area (Å²) in [7, 11) is 0. The number of ether oxygens (including phenoxy) is 1. The first-order valence-corrected chi connectivity index (χ1v) is 8.97. The van der Waals surface area contributed by atoms with Crippen molar-refractivity contribution in [2.24, 2.45) is 0 Å². The molecule has 4 nitrogen and oxygen atoms in total. The maximum absolute atomic E-state index is 11.8. The van der Waals surface area contributed by atoms with Crippen molar-refractivity contribution in [2.45, 2.75) is 64.1 Å². The fourth-order valence-electron chi connectivity index (χ4n) is 2.48. The number of amides is 1. The van der Waals surface area contributed by atoms with E-state index in [9.17, 15) is 4.79 Å². The number of hydrogen-bond acceptors (Lipinski definition) is 4. The standard InChI is InChI=1S/C16H30N2O2S/c1-5-10-21-11-9-17-13-7-6-8-14(12-13)18-15(19)20-16(2,3)4/h5,13-14,17H,1,6-12H2,2-4H3,(H,18,19). The topological polar surface area (TPSA) is 50.4 Å². The molecule has 2 unspecified atom stereocenters. The lowest BCUT2D eigenvalue weighted by molar-refractivity contribution is 0.0489. The third-order valence-electron chi connectivity index (χ3n) is 3.31. The molecule has 0 spiro atoms. The van der Waals surface area contributed by atoms with E-state index in [1.165, 1.54) is 6.42 Å². The van der Waals surface area contributed by atoms with E-state index >= 15 is 0 Å². The zero-order chi connectivity index (χ0) is 15.7. The van der Waals surface area contributed by atoms with Gasteiger partial charge in [0.15, 0.2) is 0 Å². The first-order chi connectivity index (χ1) is 9.90. The van der Waals surface area contributed by atoms with Gasteiger partial charge in [-0.1, -0.05) is 6.08 Å². The van der Waals surface area contributed by atoms with E-state index in [-0.39, 0.29) is 12.1 Å². The van der Waals surface area contributed by atoms with Crippen LogP contribution in [0.1, 0.15) is 46.5 Å². The fraction of sp³-hybridized carbons (Fsp3) is 0.812. The molecule has 1 aliphatic rings.